The zero-order valence-electron chi connectivity index (χ0n) is 14.6. The third-order valence-electron chi connectivity index (χ3n) is 4.13. The van der Waals surface area contributed by atoms with Crippen LogP contribution in [0.4, 0.5) is 4.39 Å². The summed E-state index contributed by atoms with van der Waals surface area (Å²) in [5.41, 5.74) is 1.72. The number of hydrogen-bond acceptors (Lipinski definition) is 4. The van der Waals surface area contributed by atoms with Gasteiger partial charge in [0.1, 0.15) is 11.5 Å². The fourth-order valence-electron chi connectivity index (χ4n) is 2.49. The minimum Gasteiger partial charge on any atom is -0.353 e. The molecule has 136 valence electrons. The summed E-state index contributed by atoms with van der Waals surface area (Å²) in [6.07, 6.45) is 5.21. The number of amides is 2. The van der Waals surface area contributed by atoms with Crippen molar-refractivity contribution in [3.8, 4) is 0 Å². The number of rotatable bonds is 7. The number of benzene rings is 1. The number of carbonyl (C=O) groups excluding carboxylic acids is 2. The Bertz CT molecular complexity index is 773. The van der Waals surface area contributed by atoms with Crippen molar-refractivity contribution in [1.29, 1.82) is 0 Å². The topological polar surface area (TPSA) is 75.2 Å². The maximum atomic E-state index is 13.1. The molecular formula is C19H21FN4O2. The second-order valence-corrected chi connectivity index (χ2v) is 6.49. The van der Waals surface area contributed by atoms with Crippen molar-refractivity contribution in [2.24, 2.45) is 0 Å². The SMILES string of the molecule is Cc1cnc(C(=O)N(CCC(=O)NC2CC2)Cc2ccc(F)cc2)cn1. The number of nitrogens with zero attached hydrogens (tertiary/aromatic N) is 3. The Labute approximate surface area is 151 Å². The Kier molecular flexibility index (Phi) is 5.55. The van der Waals surface area contributed by atoms with Gasteiger partial charge in [-0.1, -0.05) is 12.1 Å². The van der Waals surface area contributed by atoms with E-state index in [9.17, 15) is 14.0 Å². The van der Waals surface area contributed by atoms with Gasteiger partial charge in [-0.25, -0.2) is 9.37 Å². The molecule has 2 amide bonds. The Morgan fingerprint density at radius 2 is 1.92 bits per heavy atom. The molecule has 1 fully saturated rings. The van der Waals surface area contributed by atoms with E-state index in [1.54, 1.807) is 24.0 Å². The third-order valence-corrected chi connectivity index (χ3v) is 4.13. The third kappa shape index (κ3) is 5.08. The lowest BCUT2D eigenvalue weighted by atomic mass is 10.2. The molecule has 1 aromatic heterocycles. The standard InChI is InChI=1S/C19H21FN4O2/c1-13-10-22-17(11-21-13)19(26)24(9-8-18(25)23-16-6-7-16)12-14-2-4-15(20)5-3-14/h2-5,10-11,16H,6-9,12H2,1H3,(H,23,25). The van der Waals surface area contributed by atoms with E-state index in [1.807, 2.05) is 0 Å². The number of aryl methyl sites for hydroxylation is 1. The van der Waals surface area contributed by atoms with Gasteiger partial charge < -0.3 is 10.2 Å². The van der Waals surface area contributed by atoms with Crippen molar-refractivity contribution >= 4 is 11.8 Å². The molecule has 1 heterocycles. The van der Waals surface area contributed by atoms with Crippen molar-refractivity contribution in [1.82, 2.24) is 20.2 Å². The summed E-state index contributed by atoms with van der Waals surface area (Å²) >= 11 is 0. The predicted molar refractivity (Wildman–Crippen MR) is 93.7 cm³/mol. The van der Waals surface area contributed by atoms with E-state index in [4.69, 9.17) is 0 Å². The van der Waals surface area contributed by atoms with Crippen LogP contribution in [0.2, 0.25) is 0 Å². The Morgan fingerprint density at radius 1 is 1.19 bits per heavy atom. The number of carbonyl (C=O) groups is 2. The van der Waals surface area contributed by atoms with Crippen molar-refractivity contribution < 1.29 is 14.0 Å². The normalized spacial score (nSPS) is 13.3. The monoisotopic (exact) mass is 356 g/mol. The van der Waals surface area contributed by atoms with E-state index in [1.165, 1.54) is 24.5 Å². The highest BCUT2D eigenvalue weighted by Crippen LogP contribution is 2.18. The van der Waals surface area contributed by atoms with Gasteiger partial charge in [-0.3, -0.25) is 14.6 Å². The lowest BCUT2D eigenvalue weighted by molar-refractivity contribution is -0.121. The molecule has 1 saturated carbocycles. The van der Waals surface area contributed by atoms with Gasteiger partial charge in [0.15, 0.2) is 0 Å². The molecular weight excluding hydrogens is 335 g/mol. The van der Waals surface area contributed by atoms with E-state index in [0.29, 0.717) is 0 Å². The molecule has 0 radical (unpaired) electrons. The van der Waals surface area contributed by atoms with Crippen LogP contribution in [-0.4, -0.2) is 39.3 Å². The van der Waals surface area contributed by atoms with Gasteiger partial charge in [0.05, 0.1) is 11.9 Å². The lowest BCUT2D eigenvalue weighted by Gasteiger charge is -2.22. The summed E-state index contributed by atoms with van der Waals surface area (Å²) < 4.78 is 13.1. The van der Waals surface area contributed by atoms with Crippen molar-refractivity contribution in [2.75, 3.05) is 6.54 Å². The van der Waals surface area contributed by atoms with E-state index >= 15 is 0 Å². The van der Waals surface area contributed by atoms with Crippen LogP contribution in [-0.2, 0) is 11.3 Å². The van der Waals surface area contributed by atoms with Crippen LogP contribution in [0.25, 0.3) is 0 Å². The summed E-state index contributed by atoms with van der Waals surface area (Å²) in [5.74, 6) is -0.708. The second kappa shape index (κ2) is 8.03. The highest BCUT2D eigenvalue weighted by molar-refractivity contribution is 5.92. The molecule has 1 aliphatic carbocycles. The first kappa shape index (κ1) is 18.0. The smallest absolute Gasteiger partial charge is 0.274 e. The van der Waals surface area contributed by atoms with E-state index in [-0.39, 0.29) is 48.9 Å². The Balaban J connectivity index is 1.70. The quantitative estimate of drug-likeness (QED) is 0.826. The highest BCUT2D eigenvalue weighted by Gasteiger charge is 2.24. The van der Waals surface area contributed by atoms with Crippen LogP contribution in [0, 0.1) is 12.7 Å². The average Bonchev–Trinajstić information content (AvgIpc) is 3.44. The maximum absolute atomic E-state index is 13.1. The van der Waals surface area contributed by atoms with Crippen LogP contribution < -0.4 is 5.32 Å². The van der Waals surface area contributed by atoms with Crippen LogP contribution in [0.5, 0.6) is 0 Å². The summed E-state index contributed by atoms with van der Waals surface area (Å²) in [4.78, 5) is 34.5. The molecule has 2 aromatic rings. The van der Waals surface area contributed by atoms with Gasteiger partial charge >= 0.3 is 0 Å². The fourth-order valence-corrected chi connectivity index (χ4v) is 2.49. The van der Waals surface area contributed by atoms with Crippen LogP contribution >= 0.6 is 0 Å². The van der Waals surface area contributed by atoms with E-state index in [0.717, 1.165) is 24.1 Å². The first-order chi connectivity index (χ1) is 12.5. The van der Waals surface area contributed by atoms with Gasteiger partial charge in [0.25, 0.3) is 5.91 Å². The molecule has 7 heteroatoms. The van der Waals surface area contributed by atoms with Gasteiger partial charge in [-0.15, -0.1) is 0 Å². The molecule has 1 aromatic carbocycles. The molecule has 0 bridgehead atoms. The number of aromatic nitrogens is 2. The van der Waals surface area contributed by atoms with Crippen LogP contribution in [0.15, 0.2) is 36.7 Å². The molecule has 0 spiro atoms. The summed E-state index contributed by atoms with van der Waals surface area (Å²) in [7, 11) is 0. The zero-order valence-corrected chi connectivity index (χ0v) is 14.6. The molecule has 1 N–H and O–H groups in total. The van der Waals surface area contributed by atoms with Crippen molar-refractivity contribution in [3.05, 3.63) is 59.4 Å². The zero-order chi connectivity index (χ0) is 18.5. The highest BCUT2D eigenvalue weighted by atomic mass is 19.1. The summed E-state index contributed by atoms with van der Waals surface area (Å²) in [5, 5.41) is 2.91. The number of halogens is 1. The van der Waals surface area contributed by atoms with Crippen LogP contribution in [0.3, 0.4) is 0 Å². The first-order valence-corrected chi connectivity index (χ1v) is 8.63. The van der Waals surface area contributed by atoms with Gasteiger partial charge in [0, 0.05) is 31.7 Å². The molecule has 26 heavy (non-hydrogen) atoms. The number of hydrogen-bond donors (Lipinski definition) is 1. The summed E-state index contributed by atoms with van der Waals surface area (Å²) in [6, 6.07) is 6.24. The summed E-state index contributed by atoms with van der Waals surface area (Å²) in [6.45, 7) is 2.31. The average molecular weight is 356 g/mol. The van der Waals surface area contributed by atoms with E-state index in [2.05, 4.69) is 15.3 Å². The lowest BCUT2D eigenvalue weighted by Crippen LogP contribution is -2.36. The minimum atomic E-state index is -0.333. The largest absolute Gasteiger partial charge is 0.353 e. The predicted octanol–water partition coefficient (Wildman–Crippen LogP) is 2.24. The molecule has 0 aliphatic heterocycles. The molecule has 6 nitrogen and oxygen atoms in total. The van der Waals surface area contributed by atoms with E-state index < -0.39 is 0 Å². The molecule has 0 atom stereocenters. The maximum Gasteiger partial charge on any atom is 0.274 e. The molecule has 1 aliphatic rings. The molecule has 0 unspecified atom stereocenters. The van der Waals surface area contributed by atoms with Crippen molar-refractivity contribution in [2.45, 2.75) is 38.8 Å². The Hall–Kier alpha value is -2.83. The van der Waals surface area contributed by atoms with Gasteiger partial charge in [0.2, 0.25) is 5.91 Å². The van der Waals surface area contributed by atoms with Gasteiger partial charge in [-0.05, 0) is 37.5 Å². The first-order valence-electron chi connectivity index (χ1n) is 8.63. The fraction of sp³-hybridized carbons (Fsp3) is 0.368. The van der Waals surface area contributed by atoms with Crippen molar-refractivity contribution in [3.63, 3.8) is 0 Å². The number of nitrogens with one attached hydrogen (secondary N) is 1. The molecule has 3 rings (SSSR count). The Morgan fingerprint density at radius 3 is 2.54 bits per heavy atom. The molecule has 0 saturated heterocycles. The van der Waals surface area contributed by atoms with Crippen LogP contribution in [0.1, 0.15) is 41.0 Å². The van der Waals surface area contributed by atoms with Gasteiger partial charge in [-0.2, -0.15) is 0 Å². The second-order valence-electron chi connectivity index (χ2n) is 6.49. The minimum absolute atomic E-state index is 0.0700.